The van der Waals surface area contributed by atoms with Crippen LogP contribution < -0.4 is 10.1 Å². The van der Waals surface area contributed by atoms with Crippen molar-refractivity contribution in [1.29, 1.82) is 0 Å². The maximum Gasteiger partial charge on any atom is 0.119 e. The van der Waals surface area contributed by atoms with Gasteiger partial charge in [-0.2, -0.15) is 0 Å². The van der Waals surface area contributed by atoms with Gasteiger partial charge in [0.1, 0.15) is 11.9 Å². The van der Waals surface area contributed by atoms with E-state index in [0.717, 1.165) is 12.3 Å². The van der Waals surface area contributed by atoms with Crippen molar-refractivity contribution in [2.45, 2.75) is 71.9 Å². The molecule has 0 amide bonds. The first kappa shape index (κ1) is 17.0. The van der Waals surface area contributed by atoms with Crippen LogP contribution in [0.5, 0.6) is 5.75 Å². The highest BCUT2D eigenvalue weighted by atomic mass is 16.5. The predicted octanol–water partition coefficient (Wildman–Crippen LogP) is 4.53. The zero-order chi connectivity index (χ0) is 15.2. The average molecular weight is 277 g/mol. The molecule has 0 aliphatic carbocycles. The summed E-state index contributed by atoms with van der Waals surface area (Å²) < 4.78 is 5.95. The molecule has 0 bridgehead atoms. The van der Waals surface area contributed by atoms with Crippen LogP contribution in [0.2, 0.25) is 0 Å². The zero-order valence-electron chi connectivity index (χ0n) is 14.0. The first-order chi connectivity index (χ1) is 9.32. The molecule has 0 saturated heterocycles. The van der Waals surface area contributed by atoms with E-state index in [-0.39, 0.29) is 11.5 Å². The van der Waals surface area contributed by atoms with Crippen molar-refractivity contribution in [2.24, 2.45) is 0 Å². The molecular weight excluding hydrogens is 246 g/mol. The lowest BCUT2D eigenvalue weighted by Gasteiger charge is -2.21. The van der Waals surface area contributed by atoms with Gasteiger partial charge in [0.05, 0.1) is 0 Å². The Hall–Kier alpha value is -1.02. The second-order valence-electron chi connectivity index (χ2n) is 6.80. The second kappa shape index (κ2) is 7.68. The third kappa shape index (κ3) is 5.96. The summed E-state index contributed by atoms with van der Waals surface area (Å²) in [5.74, 6) is 0.954. The van der Waals surface area contributed by atoms with Crippen molar-refractivity contribution >= 4 is 0 Å². The lowest BCUT2D eigenvalue weighted by atomic mass is 9.87. The van der Waals surface area contributed by atoms with Crippen LogP contribution in [0.25, 0.3) is 0 Å². The summed E-state index contributed by atoms with van der Waals surface area (Å²) >= 11 is 0. The third-order valence-electron chi connectivity index (χ3n) is 3.53. The topological polar surface area (TPSA) is 21.3 Å². The molecule has 20 heavy (non-hydrogen) atoms. The zero-order valence-corrected chi connectivity index (χ0v) is 14.0. The molecular formula is C18H31NO. The molecule has 0 aliphatic rings. The largest absolute Gasteiger partial charge is 0.489 e. The van der Waals surface area contributed by atoms with Gasteiger partial charge in [0.2, 0.25) is 0 Å². The number of benzene rings is 1. The van der Waals surface area contributed by atoms with Gasteiger partial charge >= 0.3 is 0 Å². The molecule has 1 aromatic carbocycles. The van der Waals surface area contributed by atoms with Crippen LogP contribution in [-0.2, 0) is 5.41 Å². The summed E-state index contributed by atoms with van der Waals surface area (Å²) in [4.78, 5) is 0. The molecule has 0 heterocycles. The highest BCUT2D eigenvalue weighted by Gasteiger charge is 2.13. The number of ether oxygens (including phenoxy) is 1. The van der Waals surface area contributed by atoms with Crippen LogP contribution in [0, 0.1) is 0 Å². The molecule has 114 valence electrons. The minimum absolute atomic E-state index is 0.190. The quantitative estimate of drug-likeness (QED) is 0.790. The first-order valence-electron chi connectivity index (χ1n) is 7.83. The van der Waals surface area contributed by atoms with Crippen LogP contribution in [0.4, 0.5) is 0 Å². The second-order valence-corrected chi connectivity index (χ2v) is 6.80. The maximum atomic E-state index is 5.95. The van der Waals surface area contributed by atoms with Gasteiger partial charge in [0.25, 0.3) is 0 Å². The van der Waals surface area contributed by atoms with E-state index in [1.54, 1.807) is 0 Å². The van der Waals surface area contributed by atoms with Crippen molar-refractivity contribution in [3.05, 3.63) is 29.8 Å². The minimum atomic E-state index is 0.190. The normalized spacial score (nSPS) is 14.9. The predicted molar refractivity (Wildman–Crippen MR) is 87.6 cm³/mol. The highest BCUT2D eigenvalue weighted by molar-refractivity contribution is 5.31. The summed E-state index contributed by atoms with van der Waals surface area (Å²) in [6, 6.07) is 9.04. The number of rotatable bonds is 7. The molecule has 1 N–H and O–H groups in total. The molecule has 1 aromatic rings. The van der Waals surface area contributed by atoms with Crippen molar-refractivity contribution in [1.82, 2.24) is 5.32 Å². The van der Waals surface area contributed by atoms with Crippen LogP contribution in [-0.4, -0.2) is 18.7 Å². The molecule has 0 saturated carbocycles. The molecule has 2 atom stereocenters. The molecule has 0 aliphatic heterocycles. The maximum absolute atomic E-state index is 5.95. The number of hydrogen-bond acceptors (Lipinski definition) is 2. The molecule has 2 heteroatoms. The van der Waals surface area contributed by atoms with E-state index >= 15 is 0 Å². The smallest absolute Gasteiger partial charge is 0.119 e. The fourth-order valence-corrected chi connectivity index (χ4v) is 2.21. The minimum Gasteiger partial charge on any atom is -0.489 e. The van der Waals surface area contributed by atoms with Gasteiger partial charge in [0, 0.05) is 12.6 Å². The Morgan fingerprint density at radius 1 is 1.10 bits per heavy atom. The van der Waals surface area contributed by atoms with E-state index in [0.29, 0.717) is 6.04 Å². The Morgan fingerprint density at radius 2 is 1.70 bits per heavy atom. The fraction of sp³-hybridized carbons (Fsp3) is 0.667. The first-order valence-corrected chi connectivity index (χ1v) is 7.83. The third-order valence-corrected chi connectivity index (χ3v) is 3.53. The Balaban J connectivity index is 2.44. The number of nitrogens with one attached hydrogen (secondary N) is 1. The van der Waals surface area contributed by atoms with Gasteiger partial charge < -0.3 is 10.1 Å². The lowest BCUT2D eigenvalue weighted by molar-refractivity contribution is 0.211. The van der Waals surface area contributed by atoms with Crippen molar-refractivity contribution in [2.75, 3.05) is 6.54 Å². The molecule has 0 radical (unpaired) electrons. The van der Waals surface area contributed by atoms with Gasteiger partial charge in [-0.25, -0.2) is 0 Å². The van der Waals surface area contributed by atoms with E-state index in [4.69, 9.17) is 4.74 Å². The molecule has 0 aromatic heterocycles. The van der Waals surface area contributed by atoms with Crippen molar-refractivity contribution < 1.29 is 4.74 Å². The van der Waals surface area contributed by atoms with E-state index in [9.17, 15) is 0 Å². The van der Waals surface area contributed by atoms with E-state index in [2.05, 4.69) is 71.1 Å². The van der Waals surface area contributed by atoms with Gasteiger partial charge in [-0.05, 0) is 43.4 Å². The lowest BCUT2D eigenvalue weighted by Crippen LogP contribution is -2.34. The van der Waals surface area contributed by atoms with E-state index < -0.39 is 0 Å². The Morgan fingerprint density at radius 3 is 2.20 bits per heavy atom. The van der Waals surface area contributed by atoms with Crippen molar-refractivity contribution in [3.8, 4) is 5.75 Å². The summed E-state index contributed by atoms with van der Waals surface area (Å²) in [6.45, 7) is 14.1. The highest BCUT2D eigenvalue weighted by Crippen LogP contribution is 2.24. The SMILES string of the molecule is CCCC(C)NCC(C)Oc1ccc(C(C)(C)C)cc1. The van der Waals surface area contributed by atoms with E-state index in [1.165, 1.54) is 18.4 Å². The standard InChI is InChI=1S/C18H31NO/c1-7-8-14(2)19-13-15(3)20-17-11-9-16(10-12-17)18(4,5)6/h9-12,14-15,19H,7-8,13H2,1-6H3. The molecule has 0 fully saturated rings. The Bertz CT molecular complexity index is 377. The summed E-state index contributed by atoms with van der Waals surface area (Å²) in [5.41, 5.74) is 1.54. The molecule has 2 nitrogen and oxygen atoms in total. The van der Waals surface area contributed by atoms with Crippen LogP contribution in [0.15, 0.2) is 24.3 Å². The van der Waals surface area contributed by atoms with Crippen LogP contribution in [0.3, 0.4) is 0 Å². The Kier molecular flexibility index (Phi) is 6.54. The summed E-state index contributed by atoms with van der Waals surface area (Å²) in [7, 11) is 0. The summed E-state index contributed by atoms with van der Waals surface area (Å²) in [5, 5.41) is 3.51. The Labute approximate surface area is 124 Å². The molecule has 0 spiro atoms. The van der Waals surface area contributed by atoms with Crippen LogP contribution >= 0.6 is 0 Å². The summed E-state index contributed by atoms with van der Waals surface area (Å²) in [6.07, 6.45) is 2.62. The number of hydrogen-bond donors (Lipinski definition) is 1. The molecule has 2 unspecified atom stereocenters. The average Bonchev–Trinajstić information content (AvgIpc) is 2.36. The molecule has 1 rings (SSSR count). The monoisotopic (exact) mass is 277 g/mol. The van der Waals surface area contributed by atoms with Crippen LogP contribution in [0.1, 0.15) is 59.9 Å². The van der Waals surface area contributed by atoms with Gasteiger partial charge in [-0.3, -0.25) is 0 Å². The van der Waals surface area contributed by atoms with Gasteiger partial charge in [-0.1, -0.05) is 46.2 Å². The van der Waals surface area contributed by atoms with Gasteiger partial charge in [-0.15, -0.1) is 0 Å². The van der Waals surface area contributed by atoms with E-state index in [1.807, 2.05) is 0 Å². The van der Waals surface area contributed by atoms with Crippen molar-refractivity contribution in [3.63, 3.8) is 0 Å². The van der Waals surface area contributed by atoms with Gasteiger partial charge in [0.15, 0.2) is 0 Å². The fourth-order valence-electron chi connectivity index (χ4n) is 2.21.